The molecule has 4 heteroatoms. The van der Waals surface area contributed by atoms with Crippen LogP contribution in [-0.4, -0.2) is 13.2 Å². The molecule has 3 rings (SSSR count). The molecule has 1 fully saturated rings. The summed E-state index contributed by atoms with van der Waals surface area (Å²) in [5, 5.41) is 3.38. The van der Waals surface area contributed by atoms with Gasteiger partial charge in [-0.1, -0.05) is 32.1 Å². The number of benzene rings is 1. The third-order valence-corrected chi connectivity index (χ3v) is 4.88. The van der Waals surface area contributed by atoms with Gasteiger partial charge in [0.25, 0.3) is 0 Å². The lowest BCUT2D eigenvalue weighted by molar-refractivity contribution is -0.0498. The van der Waals surface area contributed by atoms with Gasteiger partial charge in [0.05, 0.1) is 0 Å². The van der Waals surface area contributed by atoms with Gasteiger partial charge in [0, 0.05) is 18.2 Å². The Kier molecular flexibility index (Phi) is 4.61. The highest BCUT2D eigenvalue weighted by Crippen LogP contribution is 2.39. The molecule has 1 N–H and O–H groups in total. The molecule has 1 aliphatic heterocycles. The van der Waals surface area contributed by atoms with E-state index in [1.54, 1.807) is 12.1 Å². The minimum absolute atomic E-state index is 0.273. The molecule has 1 atom stereocenters. The lowest BCUT2D eigenvalue weighted by atomic mass is 9.83. The smallest absolute Gasteiger partial charge is 0.387 e. The number of nitrogens with one attached hydrogen (secondary N) is 1. The fourth-order valence-electron chi connectivity index (χ4n) is 3.73. The van der Waals surface area contributed by atoms with E-state index in [1.807, 2.05) is 6.07 Å². The summed E-state index contributed by atoms with van der Waals surface area (Å²) in [6.07, 6.45) is 9.25. The van der Waals surface area contributed by atoms with E-state index in [1.165, 1.54) is 38.5 Å². The Morgan fingerprint density at radius 1 is 1.14 bits per heavy atom. The molecule has 1 aromatic carbocycles. The van der Waals surface area contributed by atoms with Crippen molar-refractivity contribution in [1.29, 1.82) is 0 Å². The van der Waals surface area contributed by atoms with E-state index in [4.69, 9.17) is 0 Å². The van der Waals surface area contributed by atoms with Crippen LogP contribution in [-0.2, 0) is 0 Å². The molecule has 1 aliphatic carbocycles. The molecule has 21 heavy (non-hydrogen) atoms. The van der Waals surface area contributed by atoms with Crippen molar-refractivity contribution in [3.05, 3.63) is 23.8 Å². The van der Waals surface area contributed by atoms with Crippen LogP contribution in [0.3, 0.4) is 0 Å². The maximum absolute atomic E-state index is 12.3. The standard InChI is InChI=1S/C17H23F2NO/c18-17(19)21-14-8-9-16-15(10-14)13(11-20-16)7-6-12-4-2-1-3-5-12/h8-10,12-13,17,20H,1-7,11H2. The number of alkyl halides is 2. The fraction of sp³-hybridized carbons (Fsp3) is 0.647. The third-order valence-electron chi connectivity index (χ3n) is 4.88. The van der Waals surface area contributed by atoms with Gasteiger partial charge in [-0.25, -0.2) is 0 Å². The van der Waals surface area contributed by atoms with Gasteiger partial charge in [0.15, 0.2) is 0 Å². The van der Waals surface area contributed by atoms with Crippen LogP contribution in [0.5, 0.6) is 5.75 Å². The molecule has 0 bridgehead atoms. The van der Waals surface area contributed by atoms with E-state index < -0.39 is 6.61 Å². The molecular weight excluding hydrogens is 272 g/mol. The Labute approximate surface area is 124 Å². The summed E-state index contributed by atoms with van der Waals surface area (Å²) in [4.78, 5) is 0. The Morgan fingerprint density at radius 3 is 2.71 bits per heavy atom. The third kappa shape index (κ3) is 3.66. The minimum atomic E-state index is -2.75. The average molecular weight is 295 g/mol. The van der Waals surface area contributed by atoms with Gasteiger partial charge >= 0.3 is 6.61 Å². The van der Waals surface area contributed by atoms with Gasteiger partial charge < -0.3 is 10.1 Å². The Bertz CT molecular complexity index is 472. The second kappa shape index (κ2) is 6.63. The molecule has 0 radical (unpaired) electrons. The van der Waals surface area contributed by atoms with Gasteiger partial charge in [-0.15, -0.1) is 0 Å². The highest BCUT2D eigenvalue weighted by molar-refractivity contribution is 5.60. The molecule has 1 saturated carbocycles. The Morgan fingerprint density at radius 2 is 1.95 bits per heavy atom. The number of ether oxygens (including phenoxy) is 1. The first-order valence-electron chi connectivity index (χ1n) is 8.05. The maximum Gasteiger partial charge on any atom is 0.387 e. The van der Waals surface area contributed by atoms with Gasteiger partial charge in [0.1, 0.15) is 5.75 Å². The van der Waals surface area contributed by atoms with Crippen LogP contribution in [0, 0.1) is 5.92 Å². The number of hydrogen-bond donors (Lipinski definition) is 1. The lowest BCUT2D eigenvalue weighted by Gasteiger charge is -2.22. The molecular formula is C17H23F2NO. The summed E-state index contributed by atoms with van der Waals surface area (Å²) < 4.78 is 29.2. The molecule has 0 aromatic heterocycles. The summed E-state index contributed by atoms with van der Waals surface area (Å²) in [6.45, 7) is -1.83. The Hall–Kier alpha value is -1.32. The van der Waals surface area contributed by atoms with E-state index >= 15 is 0 Å². The van der Waals surface area contributed by atoms with Crippen molar-refractivity contribution >= 4 is 5.69 Å². The highest BCUT2D eigenvalue weighted by Gasteiger charge is 2.24. The Balaban J connectivity index is 1.61. The molecule has 1 unspecified atom stereocenters. The molecule has 2 nitrogen and oxygen atoms in total. The average Bonchev–Trinajstić information content (AvgIpc) is 2.88. The topological polar surface area (TPSA) is 21.3 Å². The predicted octanol–water partition coefficient (Wildman–Crippen LogP) is 5.16. The van der Waals surface area contributed by atoms with E-state index in [0.29, 0.717) is 5.92 Å². The van der Waals surface area contributed by atoms with Gasteiger partial charge in [-0.05, 0) is 42.5 Å². The number of fused-ring (bicyclic) bond motifs is 1. The molecule has 0 spiro atoms. The van der Waals surface area contributed by atoms with Gasteiger partial charge in [-0.2, -0.15) is 8.78 Å². The summed E-state index contributed by atoms with van der Waals surface area (Å²) in [5.41, 5.74) is 2.22. The first-order chi connectivity index (χ1) is 10.2. The van der Waals surface area contributed by atoms with Crippen molar-refractivity contribution in [2.24, 2.45) is 5.92 Å². The molecule has 116 valence electrons. The van der Waals surface area contributed by atoms with Crippen LogP contribution in [0.15, 0.2) is 18.2 Å². The zero-order chi connectivity index (χ0) is 14.7. The van der Waals surface area contributed by atoms with Crippen molar-refractivity contribution in [2.45, 2.75) is 57.5 Å². The van der Waals surface area contributed by atoms with Crippen LogP contribution >= 0.6 is 0 Å². The van der Waals surface area contributed by atoms with Crippen LogP contribution in [0.4, 0.5) is 14.5 Å². The van der Waals surface area contributed by atoms with Gasteiger partial charge in [-0.3, -0.25) is 0 Å². The second-order valence-electron chi connectivity index (χ2n) is 6.29. The first-order valence-corrected chi connectivity index (χ1v) is 8.05. The monoisotopic (exact) mass is 295 g/mol. The summed E-state index contributed by atoms with van der Waals surface area (Å²) in [5.74, 6) is 1.57. The van der Waals surface area contributed by atoms with Crippen LogP contribution in [0.1, 0.15) is 56.4 Å². The quantitative estimate of drug-likeness (QED) is 0.810. The van der Waals surface area contributed by atoms with Crippen LogP contribution in [0.2, 0.25) is 0 Å². The van der Waals surface area contributed by atoms with E-state index in [2.05, 4.69) is 10.1 Å². The molecule has 0 saturated heterocycles. The van der Waals surface area contributed by atoms with Crippen molar-refractivity contribution < 1.29 is 13.5 Å². The number of anilines is 1. The zero-order valence-corrected chi connectivity index (χ0v) is 12.3. The number of hydrogen-bond acceptors (Lipinski definition) is 2. The normalized spacial score (nSPS) is 22.1. The lowest BCUT2D eigenvalue weighted by Crippen LogP contribution is -2.09. The van der Waals surface area contributed by atoms with Crippen molar-refractivity contribution in [1.82, 2.24) is 0 Å². The van der Waals surface area contributed by atoms with Gasteiger partial charge in [0.2, 0.25) is 0 Å². The second-order valence-corrected chi connectivity index (χ2v) is 6.29. The molecule has 0 amide bonds. The van der Waals surface area contributed by atoms with E-state index in [0.717, 1.165) is 30.1 Å². The van der Waals surface area contributed by atoms with Crippen molar-refractivity contribution in [2.75, 3.05) is 11.9 Å². The predicted molar refractivity (Wildman–Crippen MR) is 80.1 cm³/mol. The first kappa shape index (κ1) is 14.6. The fourth-order valence-corrected chi connectivity index (χ4v) is 3.73. The van der Waals surface area contributed by atoms with Crippen molar-refractivity contribution in [3.8, 4) is 5.75 Å². The summed E-state index contributed by atoms with van der Waals surface area (Å²) in [7, 11) is 0. The molecule has 1 heterocycles. The molecule has 2 aliphatic rings. The van der Waals surface area contributed by atoms with Crippen LogP contribution < -0.4 is 10.1 Å². The summed E-state index contributed by atoms with van der Waals surface area (Å²) >= 11 is 0. The minimum Gasteiger partial charge on any atom is -0.435 e. The molecule has 1 aromatic rings. The van der Waals surface area contributed by atoms with E-state index in [9.17, 15) is 8.78 Å². The maximum atomic E-state index is 12.3. The SMILES string of the molecule is FC(F)Oc1ccc2c(c1)C(CCC1CCCCC1)CN2. The number of rotatable bonds is 5. The van der Waals surface area contributed by atoms with Crippen LogP contribution in [0.25, 0.3) is 0 Å². The highest BCUT2D eigenvalue weighted by atomic mass is 19.3. The zero-order valence-electron chi connectivity index (χ0n) is 12.3. The van der Waals surface area contributed by atoms with E-state index in [-0.39, 0.29) is 5.75 Å². The number of halogens is 2. The largest absolute Gasteiger partial charge is 0.435 e. The van der Waals surface area contributed by atoms with Crippen molar-refractivity contribution in [3.63, 3.8) is 0 Å². The summed E-state index contributed by atoms with van der Waals surface area (Å²) in [6, 6.07) is 5.25.